The van der Waals surface area contributed by atoms with Gasteiger partial charge in [-0.15, -0.1) is 0 Å². The van der Waals surface area contributed by atoms with Crippen LogP contribution in [-0.2, 0) is 4.79 Å². The minimum absolute atomic E-state index is 0.0283. The predicted octanol–water partition coefficient (Wildman–Crippen LogP) is 3.58. The molecule has 4 heteroatoms. The Morgan fingerprint density at radius 1 is 0.964 bits per heavy atom. The van der Waals surface area contributed by atoms with E-state index in [1.165, 1.54) is 5.56 Å². The summed E-state index contributed by atoms with van der Waals surface area (Å²) >= 11 is 0. The van der Waals surface area contributed by atoms with Gasteiger partial charge in [-0.25, -0.2) is 0 Å². The van der Waals surface area contributed by atoms with Gasteiger partial charge in [0.2, 0.25) is 5.91 Å². The Hall–Kier alpha value is -2.43. The van der Waals surface area contributed by atoms with Gasteiger partial charge in [0.1, 0.15) is 0 Å². The summed E-state index contributed by atoms with van der Waals surface area (Å²) in [6.07, 6.45) is 4.40. The van der Waals surface area contributed by atoms with Crippen molar-refractivity contribution in [3.63, 3.8) is 0 Å². The number of piperazine rings is 1. The molecule has 3 rings (SSSR count). The van der Waals surface area contributed by atoms with E-state index in [9.17, 15) is 4.79 Å². The summed E-state index contributed by atoms with van der Waals surface area (Å²) in [4.78, 5) is 17.4. The van der Waals surface area contributed by atoms with E-state index in [1.807, 2.05) is 38.1 Å². The van der Waals surface area contributed by atoms with Crippen LogP contribution in [0.1, 0.15) is 31.0 Å². The van der Waals surface area contributed by atoms with E-state index in [-0.39, 0.29) is 18.0 Å². The van der Waals surface area contributed by atoms with Gasteiger partial charge < -0.3 is 5.32 Å². The first-order valence-corrected chi connectivity index (χ1v) is 10.2. The van der Waals surface area contributed by atoms with E-state index < -0.39 is 0 Å². The fourth-order valence-corrected chi connectivity index (χ4v) is 3.56. The number of benzene rings is 2. The monoisotopic (exact) mass is 377 g/mol. The van der Waals surface area contributed by atoms with Gasteiger partial charge in [0.15, 0.2) is 0 Å². The summed E-state index contributed by atoms with van der Waals surface area (Å²) in [6.45, 7) is 8.83. The van der Waals surface area contributed by atoms with E-state index in [4.69, 9.17) is 0 Å². The summed E-state index contributed by atoms with van der Waals surface area (Å²) in [5.41, 5.74) is 2.37. The van der Waals surface area contributed by atoms with Crippen LogP contribution in [0.2, 0.25) is 0 Å². The third-order valence-corrected chi connectivity index (χ3v) is 5.47. The maximum Gasteiger partial charge on any atom is 0.237 e. The Kier molecular flexibility index (Phi) is 7.40. The molecule has 1 heterocycles. The van der Waals surface area contributed by atoms with Crippen LogP contribution in [0.3, 0.4) is 0 Å². The minimum atomic E-state index is -0.104. The highest BCUT2D eigenvalue weighted by Crippen LogP contribution is 2.13. The van der Waals surface area contributed by atoms with Crippen molar-refractivity contribution in [2.45, 2.75) is 25.9 Å². The zero-order chi connectivity index (χ0) is 19.8. The fourth-order valence-electron chi connectivity index (χ4n) is 3.56. The number of amides is 1. The summed E-state index contributed by atoms with van der Waals surface area (Å²) in [6, 6.07) is 20.4. The molecule has 0 radical (unpaired) electrons. The van der Waals surface area contributed by atoms with Crippen molar-refractivity contribution in [2.75, 3.05) is 32.7 Å². The number of hydrogen-bond acceptors (Lipinski definition) is 3. The first-order valence-electron chi connectivity index (χ1n) is 10.2. The van der Waals surface area contributed by atoms with Gasteiger partial charge in [-0.1, -0.05) is 72.8 Å². The average Bonchev–Trinajstić information content (AvgIpc) is 2.75. The molecule has 1 saturated heterocycles. The Morgan fingerprint density at radius 3 is 2.21 bits per heavy atom. The second-order valence-corrected chi connectivity index (χ2v) is 7.47. The van der Waals surface area contributed by atoms with Gasteiger partial charge in [0.25, 0.3) is 0 Å². The van der Waals surface area contributed by atoms with Gasteiger partial charge >= 0.3 is 0 Å². The molecular weight excluding hydrogens is 346 g/mol. The zero-order valence-electron chi connectivity index (χ0n) is 16.9. The lowest BCUT2D eigenvalue weighted by atomic mass is 10.1. The SMILES string of the molecule is C[C@H](NC(=O)[C@@H](C)N1CCN(C/C=C/c2ccccc2)CC1)c1ccccc1. The molecule has 1 aliphatic rings. The van der Waals surface area contributed by atoms with Crippen LogP contribution < -0.4 is 5.32 Å². The largest absolute Gasteiger partial charge is 0.348 e. The van der Waals surface area contributed by atoms with E-state index in [2.05, 4.69) is 63.7 Å². The van der Waals surface area contributed by atoms with Crippen molar-refractivity contribution in [3.8, 4) is 0 Å². The molecule has 2 aromatic carbocycles. The molecule has 0 saturated carbocycles. The third kappa shape index (κ3) is 5.78. The molecule has 4 nitrogen and oxygen atoms in total. The highest BCUT2D eigenvalue weighted by molar-refractivity contribution is 5.81. The zero-order valence-corrected chi connectivity index (χ0v) is 16.9. The van der Waals surface area contributed by atoms with E-state index >= 15 is 0 Å². The molecule has 0 aromatic heterocycles. The standard InChI is InChI=1S/C24H31N3O/c1-20(23-13-7-4-8-14-23)25-24(28)21(2)27-18-16-26(17-19-27)15-9-12-22-10-5-3-6-11-22/h3-14,20-21H,15-19H2,1-2H3,(H,25,28)/b12-9+/t20-,21+/m0/s1. The molecule has 2 atom stereocenters. The van der Waals surface area contributed by atoms with Crippen LogP contribution in [0.25, 0.3) is 6.08 Å². The Labute approximate surface area is 168 Å². The Bertz CT molecular complexity index is 752. The van der Waals surface area contributed by atoms with Crippen molar-refractivity contribution < 1.29 is 4.79 Å². The summed E-state index contributed by atoms with van der Waals surface area (Å²) < 4.78 is 0. The van der Waals surface area contributed by atoms with Gasteiger partial charge in [-0.05, 0) is 25.0 Å². The highest BCUT2D eigenvalue weighted by atomic mass is 16.2. The molecule has 0 unspecified atom stereocenters. The maximum absolute atomic E-state index is 12.7. The highest BCUT2D eigenvalue weighted by Gasteiger charge is 2.26. The van der Waals surface area contributed by atoms with Crippen LogP contribution in [0.5, 0.6) is 0 Å². The molecular formula is C24H31N3O. The van der Waals surface area contributed by atoms with E-state index in [1.54, 1.807) is 0 Å². The van der Waals surface area contributed by atoms with Gasteiger partial charge in [-0.2, -0.15) is 0 Å². The second kappa shape index (κ2) is 10.2. The number of carbonyl (C=O) groups excluding carboxylic acids is 1. The lowest BCUT2D eigenvalue weighted by molar-refractivity contribution is -0.127. The molecule has 1 amide bonds. The minimum Gasteiger partial charge on any atom is -0.348 e. The smallest absolute Gasteiger partial charge is 0.237 e. The third-order valence-electron chi connectivity index (χ3n) is 5.47. The number of hydrogen-bond donors (Lipinski definition) is 1. The topological polar surface area (TPSA) is 35.6 Å². The quantitative estimate of drug-likeness (QED) is 0.801. The first-order chi connectivity index (χ1) is 13.6. The molecule has 1 fully saturated rings. The lowest BCUT2D eigenvalue weighted by Gasteiger charge is -2.37. The van der Waals surface area contributed by atoms with E-state index in [0.717, 1.165) is 38.3 Å². The molecule has 28 heavy (non-hydrogen) atoms. The Balaban J connectivity index is 1.42. The molecule has 148 valence electrons. The van der Waals surface area contributed by atoms with Crippen molar-refractivity contribution in [3.05, 3.63) is 77.9 Å². The molecule has 0 aliphatic carbocycles. The van der Waals surface area contributed by atoms with Gasteiger partial charge in [0.05, 0.1) is 12.1 Å². The summed E-state index contributed by atoms with van der Waals surface area (Å²) in [7, 11) is 0. The van der Waals surface area contributed by atoms with E-state index in [0.29, 0.717) is 0 Å². The van der Waals surface area contributed by atoms with Crippen LogP contribution in [0.4, 0.5) is 0 Å². The van der Waals surface area contributed by atoms with Crippen molar-refractivity contribution in [2.24, 2.45) is 0 Å². The number of nitrogens with one attached hydrogen (secondary N) is 1. The van der Waals surface area contributed by atoms with Gasteiger partial charge in [0, 0.05) is 32.7 Å². The normalized spacial score (nSPS) is 18.1. The van der Waals surface area contributed by atoms with Crippen molar-refractivity contribution in [1.82, 2.24) is 15.1 Å². The van der Waals surface area contributed by atoms with Crippen LogP contribution in [0.15, 0.2) is 66.7 Å². The van der Waals surface area contributed by atoms with Crippen LogP contribution >= 0.6 is 0 Å². The second-order valence-electron chi connectivity index (χ2n) is 7.47. The first kappa shape index (κ1) is 20.3. The molecule has 2 aromatic rings. The number of nitrogens with zero attached hydrogens (tertiary/aromatic N) is 2. The fraction of sp³-hybridized carbons (Fsp3) is 0.375. The Morgan fingerprint density at radius 2 is 1.57 bits per heavy atom. The molecule has 1 aliphatic heterocycles. The van der Waals surface area contributed by atoms with Crippen LogP contribution in [0, 0.1) is 0 Å². The molecule has 0 bridgehead atoms. The van der Waals surface area contributed by atoms with Gasteiger partial charge in [-0.3, -0.25) is 14.6 Å². The number of carbonyl (C=O) groups is 1. The average molecular weight is 378 g/mol. The van der Waals surface area contributed by atoms with Crippen molar-refractivity contribution >= 4 is 12.0 Å². The number of rotatable bonds is 7. The maximum atomic E-state index is 12.7. The van der Waals surface area contributed by atoms with Crippen LogP contribution in [-0.4, -0.2) is 54.5 Å². The summed E-state index contributed by atoms with van der Waals surface area (Å²) in [5.74, 6) is 0.105. The molecule has 0 spiro atoms. The predicted molar refractivity (Wildman–Crippen MR) is 116 cm³/mol. The lowest BCUT2D eigenvalue weighted by Crippen LogP contribution is -2.54. The van der Waals surface area contributed by atoms with Crippen molar-refractivity contribution in [1.29, 1.82) is 0 Å². The molecule has 1 N–H and O–H groups in total. The summed E-state index contributed by atoms with van der Waals surface area (Å²) in [5, 5.41) is 3.15.